The molecular formula is C13H17NO2. The molecule has 3 nitrogen and oxygen atoms in total. The van der Waals surface area contributed by atoms with Crippen molar-refractivity contribution < 1.29 is 9.53 Å². The lowest BCUT2D eigenvalue weighted by Gasteiger charge is -2.05. The fraction of sp³-hybridized carbons (Fsp3) is 0.385. The first-order valence-corrected chi connectivity index (χ1v) is 5.47. The van der Waals surface area contributed by atoms with Crippen LogP contribution < -0.4 is 0 Å². The molecule has 1 heterocycles. The van der Waals surface area contributed by atoms with E-state index in [1.165, 1.54) is 13.2 Å². The monoisotopic (exact) mass is 219 g/mol. The third kappa shape index (κ3) is 3.19. The van der Waals surface area contributed by atoms with E-state index in [9.17, 15) is 4.79 Å². The Morgan fingerprint density at radius 2 is 2.25 bits per heavy atom. The molecule has 0 saturated carbocycles. The summed E-state index contributed by atoms with van der Waals surface area (Å²) in [4.78, 5) is 15.7. The van der Waals surface area contributed by atoms with Crippen LogP contribution in [0.15, 0.2) is 24.6 Å². The number of Topliss-reactive ketones (excluding diaryl/α,β-unsaturated/α-hetero) is 1. The summed E-state index contributed by atoms with van der Waals surface area (Å²) in [6, 6.07) is 3.75. The predicted molar refractivity (Wildman–Crippen MR) is 63.9 cm³/mol. The molecule has 1 aromatic rings. The van der Waals surface area contributed by atoms with Crippen molar-refractivity contribution in [3.8, 4) is 0 Å². The van der Waals surface area contributed by atoms with E-state index in [1.54, 1.807) is 6.20 Å². The van der Waals surface area contributed by atoms with Gasteiger partial charge in [-0.2, -0.15) is 0 Å². The van der Waals surface area contributed by atoms with Crippen LogP contribution in [0.25, 0.3) is 5.57 Å². The van der Waals surface area contributed by atoms with Crippen molar-refractivity contribution in [3.63, 3.8) is 0 Å². The Labute approximate surface area is 96.2 Å². The van der Waals surface area contributed by atoms with Gasteiger partial charge < -0.3 is 4.74 Å². The predicted octanol–water partition coefficient (Wildman–Crippen LogP) is 2.61. The van der Waals surface area contributed by atoms with Crippen LogP contribution in [0, 0.1) is 0 Å². The number of carbonyl (C=O) groups is 1. The molecule has 0 fully saturated rings. The van der Waals surface area contributed by atoms with Crippen molar-refractivity contribution in [1.29, 1.82) is 0 Å². The van der Waals surface area contributed by atoms with E-state index in [0.717, 1.165) is 17.7 Å². The summed E-state index contributed by atoms with van der Waals surface area (Å²) in [5, 5.41) is 0. The Morgan fingerprint density at radius 3 is 2.81 bits per heavy atom. The van der Waals surface area contributed by atoms with Crippen molar-refractivity contribution in [2.24, 2.45) is 0 Å². The topological polar surface area (TPSA) is 39.2 Å². The molecule has 0 unspecified atom stereocenters. The molecule has 0 saturated heterocycles. The average molecular weight is 219 g/mol. The number of aryl methyl sites for hydroxylation is 1. The first-order valence-electron chi connectivity index (χ1n) is 5.47. The number of ether oxygens (including phenoxy) is 1. The van der Waals surface area contributed by atoms with Crippen molar-refractivity contribution in [3.05, 3.63) is 35.8 Å². The molecule has 3 heteroatoms. The molecule has 0 radical (unpaired) electrons. The van der Waals surface area contributed by atoms with E-state index in [1.807, 2.05) is 26.0 Å². The fourth-order valence-electron chi connectivity index (χ4n) is 1.36. The summed E-state index contributed by atoms with van der Waals surface area (Å²) in [6.07, 6.45) is 4.10. The fourth-order valence-corrected chi connectivity index (χ4v) is 1.36. The van der Waals surface area contributed by atoms with E-state index < -0.39 is 0 Å². The maximum atomic E-state index is 11.5. The van der Waals surface area contributed by atoms with Crippen LogP contribution >= 0.6 is 0 Å². The van der Waals surface area contributed by atoms with Crippen molar-refractivity contribution >= 4 is 11.4 Å². The van der Waals surface area contributed by atoms with Gasteiger partial charge in [-0.3, -0.25) is 9.78 Å². The summed E-state index contributed by atoms with van der Waals surface area (Å²) in [5.41, 5.74) is 2.44. The van der Waals surface area contributed by atoms with Gasteiger partial charge in [0.2, 0.25) is 0 Å². The average Bonchev–Trinajstić information content (AvgIpc) is 2.29. The van der Waals surface area contributed by atoms with Crippen molar-refractivity contribution in [2.45, 2.75) is 27.2 Å². The van der Waals surface area contributed by atoms with Crippen LogP contribution in [0.1, 0.15) is 32.0 Å². The van der Waals surface area contributed by atoms with Crippen LogP contribution in [0.2, 0.25) is 0 Å². The summed E-state index contributed by atoms with van der Waals surface area (Å²) in [5.74, 6) is 0.00158. The number of nitrogens with zero attached hydrogens (tertiary/aromatic N) is 1. The van der Waals surface area contributed by atoms with Crippen LogP contribution in [0.4, 0.5) is 0 Å². The molecular weight excluding hydrogens is 202 g/mol. The Hall–Kier alpha value is -1.64. The van der Waals surface area contributed by atoms with Crippen LogP contribution in [0.5, 0.6) is 0 Å². The molecule has 0 spiro atoms. The molecule has 1 aromatic heterocycles. The van der Waals surface area contributed by atoms with Gasteiger partial charge in [0.1, 0.15) is 0 Å². The van der Waals surface area contributed by atoms with Gasteiger partial charge in [0.15, 0.2) is 5.78 Å². The Kier molecular flexibility index (Phi) is 4.70. The van der Waals surface area contributed by atoms with Crippen LogP contribution in [-0.2, 0) is 16.0 Å². The van der Waals surface area contributed by atoms with Crippen molar-refractivity contribution in [1.82, 2.24) is 4.98 Å². The summed E-state index contributed by atoms with van der Waals surface area (Å²) in [7, 11) is 0. The number of aromatic nitrogens is 1. The molecule has 0 N–H and O–H groups in total. The highest BCUT2D eigenvalue weighted by atomic mass is 16.5. The minimum Gasteiger partial charge on any atom is -0.501 e. The van der Waals surface area contributed by atoms with Crippen LogP contribution in [-0.4, -0.2) is 17.4 Å². The number of rotatable bonds is 5. The molecule has 1 rings (SSSR count). The van der Waals surface area contributed by atoms with Gasteiger partial charge in [0.05, 0.1) is 18.4 Å². The van der Waals surface area contributed by atoms with Gasteiger partial charge in [0.25, 0.3) is 0 Å². The summed E-state index contributed by atoms with van der Waals surface area (Å²) < 4.78 is 5.18. The zero-order valence-corrected chi connectivity index (χ0v) is 9.99. The second kappa shape index (κ2) is 6.05. The van der Waals surface area contributed by atoms with E-state index >= 15 is 0 Å². The van der Waals surface area contributed by atoms with E-state index in [-0.39, 0.29) is 5.78 Å². The zero-order chi connectivity index (χ0) is 12.0. The Morgan fingerprint density at radius 1 is 1.50 bits per heavy atom. The first-order chi connectivity index (χ1) is 7.69. The summed E-state index contributed by atoms with van der Waals surface area (Å²) >= 11 is 0. The van der Waals surface area contributed by atoms with Crippen molar-refractivity contribution in [2.75, 3.05) is 6.61 Å². The Balaban J connectivity index is 3.06. The second-order valence-electron chi connectivity index (χ2n) is 3.43. The zero-order valence-electron chi connectivity index (χ0n) is 9.99. The minimum absolute atomic E-state index is 0.00158. The van der Waals surface area contributed by atoms with Crippen LogP contribution in [0.3, 0.4) is 0 Å². The molecule has 0 aliphatic heterocycles. The van der Waals surface area contributed by atoms with Gasteiger partial charge in [-0.05, 0) is 38.0 Å². The largest absolute Gasteiger partial charge is 0.501 e. The highest BCUT2D eigenvalue weighted by Gasteiger charge is 2.08. The minimum atomic E-state index is 0.00158. The first kappa shape index (κ1) is 12.4. The van der Waals surface area contributed by atoms with Gasteiger partial charge in [0, 0.05) is 11.9 Å². The highest BCUT2D eigenvalue weighted by Crippen LogP contribution is 2.16. The second-order valence-corrected chi connectivity index (χ2v) is 3.43. The molecule has 16 heavy (non-hydrogen) atoms. The van der Waals surface area contributed by atoms with E-state index in [0.29, 0.717) is 12.2 Å². The SMILES string of the molecule is CCOC=C(C(C)=O)c1ccnc(CC)c1. The lowest BCUT2D eigenvalue weighted by molar-refractivity contribution is -0.111. The van der Waals surface area contributed by atoms with E-state index in [2.05, 4.69) is 4.98 Å². The van der Waals surface area contributed by atoms with Gasteiger partial charge in [-0.1, -0.05) is 6.92 Å². The molecule has 0 bridgehead atoms. The quantitative estimate of drug-likeness (QED) is 0.564. The maximum absolute atomic E-state index is 11.5. The van der Waals surface area contributed by atoms with Gasteiger partial charge in [-0.25, -0.2) is 0 Å². The molecule has 0 amide bonds. The Bertz CT molecular complexity index is 397. The smallest absolute Gasteiger partial charge is 0.163 e. The molecule has 0 aliphatic rings. The lowest BCUT2D eigenvalue weighted by atomic mass is 10.0. The number of hydrogen-bond acceptors (Lipinski definition) is 3. The third-order valence-electron chi connectivity index (χ3n) is 2.24. The molecule has 0 atom stereocenters. The lowest BCUT2D eigenvalue weighted by Crippen LogP contribution is -1.99. The normalized spacial score (nSPS) is 11.3. The van der Waals surface area contributed by atoms with Gasteiger partial charge in [-0.15, -0.1) is 0 Å². The number of pyridine rings is 1. The van der Waals surface area contributed by atoms with Gasteiger partial charge >= 0.3 is 0 Å². The van der Waals surface area contributed by atoms with E-state index in [4.69, 9.17) is 4.74 Å². The highest BCUT2D eigenvalue weighted by molar-refractivity contribution is 6.19. The number of hydrogen-bond donors (Lipinski definition) is 0. The molecule has 0 aliphatic carbocycles. The molecule has 86 valence electrons. The number of carbonyl (C=O) groups excluding carboxylic acids is 1. The summed E-state index contributed by atoms with van der Waals surface area (Å²) in [6.45, 7) is 6.02. The number of ketones is 1. The third-order valence-corrected chi connectivity index (χ3v) is 2.24. The standard InChI is InChI=1S/C13H17NO2/c1-4-12-8-11(6-7-14-12)13(10(3)15)9-16-5-2/h6-9H,4-5H2,1-3H3. The molecule has 0 aromatic carbocycles. The number of allylic oxidation sites excluding steroid dienone is 1. The maximum Gasteiger partial charge on any atom is 0.163 e.